The highest BCUT2D eigenvalue weighted by molar-refractivity contribution is 7.80. The summed E-state index contributed by atoms with van der Waals surface area (Å²) in [6.45, 7) is 0.407. The molecular formula is C14H16N4O2S. The topological polar surface area (TPSA) is 93.0 Å². The summed E-state index contributed by atoms with van der Waals surface area (Å²) in [7, 11) is 0. The Morgan fingerprint density at radius 2 is 2.24 bits per heavy atom. The quantitative estimate of drug-likeness (QED) is 0.657. The van der Waals surface area contributed by atoms with E-state index in [9.17, 15) is 4.79 Å². The van der Waals surface area contributed by atoms with E-state index in [2.05, 4.69) is 15.3 Å². The van der Waals surface area contributed by atoms with E-state index in [0.29, 0.717) is 24.3 Å². The van der Waals surface area contributed by atoms with Crippen molar-refractivity contribution in [3.05, 3.63) is 48.0 Å². The van der Waals surface area contributed by atoms with Gasteiger partial charge in [0.25, 0.3) is 5.91 Å². The van der Waals surface area contributed by atoms with Crippen molar-refractivity contribution in [3.63, 3.8) is 0 Å². The van der Waals surface area contributed by atoms with Gasteiger partial charge in [0.05, 0.1) is 5.56 Å². The number of para-hydroxylation sites is 1. The molecule has 2 aromatic rings. The summed E-state index contributed by atoms with van der Waals surface area (Å²) in [6.07, 6.45) is 4.06. The van der Waals surface area contributed by atoms with Crippen molar-refractivity contribution in [3.8, 4) is 5.75 Å². The van der Waals surface area contributed by atoms with Crippen molar-refractivity contribution in [2.75, 3.05) is 13.2 Å². The molecule has 0 radical (unpaired) electrons. The maximum atomic E-state index is 11.7. The number of aromatic amines is 1. The molecule has 7 heteroatoms. The molecule has 21 heavy (non-hydrogen) atoms. The fraction of sp³-hybridized carbons (Fsp3) is 0.214. The molecule has 1 amide bonds. The highest BCUT2D eigenvalue weighted by atomic mass is 32.1. The van der Waals surface area contributed by atoms with Crippen LogP contribution < -0.4 is 15.8 Å². The molecule has 1 aromatic heterocycles. The monoisotopic (exact) mass is 304 g/mol. The number of aromatic nitrogens is 2. The molecule has 0 aliphatic rings. The molecular weight excluding hydrogens is 288 g/mol. The number of thiocarbonyl (C=S) groups is 1. The molecule has 0 saturated heterocycles. The summed E-state index contributed by atoms with van der Waals surface area (Å²) in [5, 5.41) is 2.75. The summed E-state index contributed by atoms with van der Waals surface area (Å²) in [6, 6.07) is 7.09. The van der Waals surface area contributed by atoms with Crippen molar-refractivity contribution in [2.24, 2.45) is 5.73 Å². The number of rotatable bonds is 7. The summed E-state index contributed by atoms with van der Waals surface area (Å²) >= 11 is 4.93. The van der Waals surface area contributed by atoms with Gasteiger partial charge in [-0.1, -0.05) is 24.4 Å². The number of imidazole rings is 1. The molecule has 1 aromatic carbocycles. The Kier molecular flexibility index (Phi) is 5.28. The molecule has 0 aliphatic heterocycles. The summed E-state index contributed by atoms with van der Waals surface area (Å²) in [4.78, 5) is 19.0. The second-order valence-corrected chi connectivity index (χ2v) is 4.72. The van der Waals surface area contributed by atoms with Crippen LogP contribution in [-0.2, 0) is 11.2 Å². The fourth-order valence-corrected chi connectivity index (χ4v) is 1.91. The number of amides is 1. The van der Waals surface area contributed by atoms with E-state index in [1.54, 1.807) is 30.6 Å². The highest BCUT2D eigenvalue weighted by Crippen LogP contribution is 2.17. The second kappa shape index (κ2) is 7.39. The van der Waals surface area contributed by atoms with E-state index in [0.717, 1.165) is 5.82 Å². The predicted octanol–water partition coefficient (Wildman–Crippen LogP) is 0.782. The van der Waals surface area contributed by atoms with Crippen LogP contribution in [-0.4, -0.2) is 34.0 Å². The van der Waals surface area contributed by atoms with Crippen LogP contribution in [0.3, 0.4) is 0 Å². The van der Waals surface area contributed by atoms with Gasteiger partial charge < -0.3 is 20.8 Å². The Bertz CT molecular complexity index is 613. The zero-order valence-corrected chi connectivity index (χ0v) is 12.2. The van der Waals surface area contributed by atoms with E-state index in [4.69, 9.17) is 22.7 Å². The second-order valence-electron chi connectivity index (χ2n) is 4.28. The van der Waals surface area contributed by atoms with Crippen molar-refractivity contribution >= 4 is 23.1 Å². The van der Waals surface area contributed by atoms with E-state index in [1.807, 2.05) is 6.07 Å². The predicted molar refractivity (Wildman–Crippen MR) is 83.1 cm³/mol. The van der Waals surface area contributed by atoms with Crippen molar-refractivity contribution in [1.29, 1.82) is 0 Å². The van der Waals surface area contributed by atoms with Gasteiger partial charge in [-0.05, 0) is 12.1 Å². The number of H-pyrrole nitrogens is 1. The number of hydrogen-bond donors (Lipinski definition) is 3. The van der Waals surface area contributed by atoms with Gasteiger partial charge in [0.1, 0.15) is 16.6 Å². The molecule has 2 rings (SSSR count). The van der Waals surface area contributed by atoms with Gasteiger partial charge in [-0.15, -0.1) is 0 Å². The molecule has 110 valence electrons. The molecule has 1 heterocycles. The third kappa shape index (κ3) is 4.57. The standard InChI is InChI=1S/C14H16N4O2S/c15-14(21)10-3-1-2-4-11(10)20-9-13(19)18-6-5-12-16-7-8-17-12/h1-4,7-8H,5-6,9H2,(H2,15,21)(H,16,17)(H,18,19). The van der Waals surface area contributed by atoms with Crippen molar-refractivity contribution in [2.45, 2.75) is 6.42 Å². The third-order valence-corrected chi connectivity index (χ3v) is 2.97. The van der Waals surface area contributed by atoms with Crippen LogP contribution in [0, 0.1) is 0 Å². The molecule has 0 fully saturated rings. The lowest BCUT2D eigenvalue weighted by Gasteiger charge is -2.10. The fourth-order valence-electron chi connectivity index (χ4n) is 1.75. The van der Waals surface area contributed by atoms with Crippen LogP contribution in [0.25, 0.3) is 0 Å². The summed E-state index contributed by atoms with van der Waals surface area (Å²) < 4.78 is 5.45. The molecule has 0 saturated carbocycles. The maximum absolute atomic E-state index is 11.7. The molecule has 0 aliphatic carbocycles. The number of hydrogen-bond acceptors (Lipinski definition) is 4. The van der Waals surface area contributed by atoms with E-state index >= 15 is 0 Å². The van der Waals surface area contributed by atoms with Crippen molar-refractivity contribution < 1.29 is 9.53 Å². The first-order valence-corrected chi connectivity index (χ1v) is 6.84. The molecule has 6 nitrogen and oxygen atoms in total. The first kappa shape index (κ1) is 15.0. The van der Waals surface area contributed by atoms with Crippen LogP contribution in [0.15, 0.2) is 36.7 Å². The zero-order chi connectivity index (χ0) is 15.1. The lowest BCUT2D eigenvalue weighted by atomic mass is 10.2. The first-order valence-electron chi connectivity index (χ1n) is 6.43. The smallest absolute Gasteiger partial charge is 0.257 e. The SMILES string of the molecule is NC(=S)c1ccccc1OCC(=O)NCCc1ncc[nH]1. The van der Waals surface area contributed by atoms with Gasteiger partial charge in [-0.25, -0.2) is 4.98 Å². The Hall–Kier alpha value is -2.41. The Morgan fingerprint density at radius 1 is 1.43 bits per heavy atom. The zero-order valence-electron chi connectivity index (χ0n) is 11.3. The van der Waals surface area contributed by atoms with Crippen molar-refractivity contribution in [1.82, 2.24) is 15.3 Å². The highest BCUT2D eigenvalue weighted by Gasteiger charge is 2.08. The van der Waals surface area contributed by atoms with E-state index in [1.165, 1.54) is 0 Å². The largest absolute Gasteiger partial charge is 0.483 e. The third-order valence-electron chi connectivity index (χ3n) is 2.75. The number of carbonyl (C=O) groups is 1. The minimum Gasteiger partial charge on any atom is -0.483 e. The lowest BCUT2D eigenvalue weighted by molar-refractivity contribution is -0.123. The Balaban J connectivity index is 1.77. The Labute approximate surface area is 127 Å². The number of nitrogens with two attached hydrogens (primary N) is 1. The summed E-state index contributed by atoms with van der Waals surface area (Å²) in [5.41, 5.74) is 6.22. The number of nitrogens with one attached hydrogen (secondary N) is 2. The normalized spacial score (nSPS) is 10.1. The number of nitrogens with zero attached hydrogens (tertiary/aromatic N) is 1. The minimum absolute atomic E-state index is 0.0855. The number of ether oxygens (including phenoxy) is 1. The van der Waals surface area contributed by atoms with E-state index in [-0.39, 0.29) is 17.5 Å². The van der Waals surface area contributed by atoms with Gasteiger partial charge in [-0.2, -0.15) is 0 Å². The summed E-state index contributed by atoms with van der Waals surface area (Å²) in [5.74, 6) is 1.13. The van der Waals surface area contributed by atoms with Gasteiger partial charge in [0.2, 0.25) is 0 Å². The first-order chi connectivity index (χ1) is 10.2. The lowest BCUT2D eigenvalue weighted by Crippen LogP contribution is -2.31. The van der Waals surface area contributed by atoms with Crippen LogP contribution in [0.4, 0.5) is 0 Å². The number of benzene rings is 1. The van der Waals surface area contributed by atoms with Crippen LogP contribution in [0.1, 0.15) is 11.4 Å². The molecule has 0 spiro atoms. The maximum Gasteiger partial charge on any atom is 0.257 e. The van der Waals surface area contributed by atoms with Gasteiger partial charge in [0, 0.05) is 25.4 Å². The van der Waals surface area contributed by atoms with Gasteiger partial charge in [-0.3, -0.25) is 4.79 Å². The molecule has 0 unspecified atom stereocenters. The molecule has 0 bridgehead atoms. The minimum atomic E-state index is -0.209. The van der Waals surface area contributed by atoms with E-state index < -0.39 is 0 Å². The van der Waals surface area contributed by atoms with Gasteiger partial charge >= 0.3 is 0 Å². The number of carbonyl (C=O) groups excluding carboxylic acids is 1. The van der Waals surface area contributed by atoms with Crippen LogP contribution in [0.2, 0.25) is 0 Å². The Morgan fingerprint density at radius 3 is 2.95 bits per heavy atom. The average molecular weight is 304 g/mol. The van der Waals surface area contributed by atoms with Gasteiger partial charge in [0.15, 0.2) is 6.61 Å². The molecule has 4 N–H and O–H groups in total. The van der Waals surface area contributed by atoms with Crippen LogP contribution >= 0.6 is 12.2 Å². The average Bonchev–Trinajstić information content (AvgIpc) is 2.98. The van der Waals surface area contributed by atoms with Crippen LogP contribution in [0.5, 0.6) is 5.75 Å². The molecule has 0 atom stereocenters.